The number of hydrogen-bond acceptors (Lipinski definition) is 1. The number of benzene rings is 2. The van der Waals surface area contributed by atoms with Crippen LogP contribution in [0.4, 0.5) is 5.69 Å². The zero-order valence-corrected chi connectivity index (χ0v) is 14.4. The molecular weight excluding hydrogens is 389 g/mol. The summed E-state index contributed by atoms with van der Waals surface area (Å²) >= 11 is 13.1. The van der Waals surface area contributed by atoms with E-state index in [1.54, 1.807) is 0 Å². The lowest BCUT2D eigenvalue weighted by Crippen LogP contribution is -2.18. The van der Waals surface area contributed by atoms with Crippen LogP contribution in [0.25, 0.3) is 0 Å². The summed E-state index contributed by atoms with van der Waals surface area (Å²) < 4.78 is 2.13. The third-order valence-electron chi connectivity index (χ3n) is 2.79. The summed E-state index contributed by atoms with van der Waals surface area (Å²) in [5.74, 6) is 0. The molecule has 1 unspecified atom stereocenters. The van der Waals surface area contributed by atoms with Crippen LogP contribution >= 0.6 is 43.5 Å². The molecule has 0 aliphatic carbocycles. The maximum absolute atomic E-state index is 6.17. The first-order valence-corrected chi connectivity index (χ1v) is 7.97. The van der Waals surface area contributed by atoms with E-state index in [2.05, 4.69) is 68.4 Å². The second kappa shape index (κ2) is 6.78. The van der Waals surface area contributed by atoms with Crippen molar-refractivity contribution in [3.63, 3.8) is 0 Å². The molecule has 0 spiro atoms. The first kappa shape index (κ1) is 14.9. The van der Waals surface area contributed by atoms with Crippen LogP contribution in [0.15, 0.2) is 51.4 Å². The Morgan fingerprint density at radius 3 is 2.37 bits per heavy atom. The van der Waals surface area contributed by atoms with Crippen molar-refractivity contribution in [1.82, 2.24) is 0 Å². The van der Waals surface area contributed by atoms with Crippen molar-refractivity contribution >= 4 is 49.1 Å². The quantitative estimate of drug-likeness (QED) is 0.669. The lowest BCUT2D eigenvalue weighted by molar-refractivity contribution is 0.790. The van der Waals surface area contributed by atoms with Crippen LogP contribution in [0.3, 0.4) is 0 Å². The standard InChI is InChI=1S/C15H14Br2ClN/c1-10(8-11-2-4-12(16)5-3-11)19-15-9-13(17)6-7-14(15)18/h2-7,9-10,19H,8H2,1H3. The van der Waals surface area contributed by atoms with Gasteiger partial charge in [-0.25, -0.2) is 0 Å². The number of hydrogen-bond donors (Lipinski definition) is 1. The summed E-state index contributed by atoms with van der Waals surface area (Å²) in [7, 11) is 0. The largest absolute Gasteiger partial charge is 0.381 e. The zero-order chi connectivity index (χ0) is 13.8. The Labute approximate surface area is 135 Å². The fourth-order valence-corrected chi connectivity index (χ4v) is 2.70. The molecule has 1 nitrogen and oxygen atoms in total. The molecule has 2 aromatic rings. The lowest BCUT2D eigenvalue weighted by atomic mass is 10.1. The van der Waals surface area contributed by atoms with E-state index >= 15 is 0 Å². The monoisotopic (exact) mass is 401 g/mol. The lowest BCUT2D eigenvalue weighted by Gasteiger charge is -2.16. The van der Waals surface area contributed by atoms with Gasteiger partial charge >= 0.3 is 0 Å². The molecule has 4 heteroatoms. The minimum Gasteiger partial charge on any atom is -0.381 e. The molecule has 19 heavy (non-hydrogen) atoms. The molecule has 0 aliphatic rings. The highest BCUT2D eigenvalue weighted by Crippen LogP contribution is 2.26. The van der Waals surface area contributed by atoms with E-state index in [4.69, 9.17) is 11.6 Å². The summed E-state index contributed by atoms with van der Waals surface area (Å²) in [5.41, 5.74) is 2.26. The highest BCUT2D eigenvalue weighted by molar-refractivity contribution is 9.10. The molecule has 0 bridgehead atoms. The van der Waals surface area contributed by atoms with Crippen LogP contribution < -0.4 is 5.32 Å². The summed E-state index contributed by atoms with van der Waals surface area (Å²) in [5, 5.41) is 4.18. The van der Waals surface area contributed by atoms with E-state index in [9.17, 15) is 0 Å². The maximum Gasteiger partial charge on any atom is 0.0638 e. The summed E-state index contributed by atoms with van der Waals surface area (Å²) in [6.07, 6.45) is 0.954. The summed E-state index contributed by atoms with van der Waals surface area (Å²) in [6, 6.07) is 14.5. The Kier molecular flexibility index (Phi) is 5.31. The Bertz CT molecular complexity index is 555. The van der Waals surface area contributed by atoms with Crippen LogP contribution in [0.1, 0.15) is 12.5 Å². The fraction of sp³-hybridized carbons (Fsp3) is 0.200. The van der Waals surface area contributed by atoms with Gasteiger partial charge in [0.2, 0.25) is 0 Å². The van der Waals surface area contributed by atoms with Crippen molar-refractivity contribution in [2.24, 2.45) is 0 Å². The molecule has 0 fully saturated rings. The average molecular weight is 404 g/mol. The number of rotatable bonds is 4. The van der Waals surface area contributed by atoms with Crippen LogP contribution in [0, 0.1) is 0 Å². The first-order chi connectivity index (χ1) is 9.04. The van der Waals surface area contributed by atoms with Gasteiger partial charge in [-0.3, -0.25) is 0 Å². The van der Waals surface area contributed by atoms with E-state index in [0.717, 1.165) is 26.1 Å². The third-order valence-corrected chi connectivity index (χ3v) is 4.14. The van der Waals surface area contributed by atoms with Gasteiger partial charge in [-0.1, -0.05) is 55.6 Å². The molecule has 0 saturated carbocycles. The number of anilines is 1. The van der Waals surface area contributed by atoms with E-state index < -0.39 is 0 Å². The minimum atomic E-state index is 0.313. The SMILES string of the molecule is CC(Cc1ccc(Br)cc1)Nc1cc(Br)ccc1Cl. The van der Waals surface area contributed by atoms with Crippen LogP contribution in [-0.2, 0) is 6.42 Å². The smallest absolute Gasteiger partial charge is 0.0638 e. The Hall–Kier alpha value is -0.510. The van der Waals surface area contributed by atoms with Gasteiger partial charge in [0.25, 0.3) is 0 Å². The van der Waals surface area contributed by atoms with Crippen LogP contribution in [-0.4, -0.2) is 6.04 Å². The molecule has 0 saturated heterocycles. The zero-order valence-electron chi connectivity index (χ0n) is 10.5. The Morgan fingerprint density at radius 2 is 1.68 bits per heavy atom. The molecule has 100 valence electrons. The summed E-state index contributed by atoms with van der Waals surface area (Å²) in [6.45, 7) is 2.15. The highest BCUT2D eigenvalue weighted by Gasteiger charge is 2.07. The van der Waals surface area contributed by atoms with Crippen molar-refractivity contribution in [2.45, 2.75) is 19.4 Å². The van der Waals surface area contributed by atoms with E-state index in [1.165, 1.54) is 5.56 Å². The van der Waals surface area contributed by atoms with Crippen molar-refractivity contribution in [1.29, 1.82) is 0 Å². The van der Waals surface area contributed by atoms with Gasteiger partial charge < -0.3 is 5.32 Å². The van der Waals surface area contributed by atoms with Crippen molar-refractivity contribution in [2.75, 3.05) is 5.32 Å². The first-order valence-electron chi connectivity index (χ1n) is 6.00. The molecule has 0 heterocycles. The Morgan fingerprint density at radius 1 is 1.05 bits per heavy atom. The second-order valence-corrected chi connectivity index (χ2v) is 6.74. The third kappa shape index (κ3) is 4.51. The summed E-state index contributed by atoms with van der Waals surface area (Å²) in [4.78, 5) is 0. The molecule has 2 aromatic carbocycles. The molecule has 1 N–H and O–H groups in total. The minimum absolute atomic E-state index is 0.313. The average Bonchev–Trinajstić information content (AvgIpc) is 2.37. The molecule has 0 amide bonds. The normalized spacial score (nSPS) is 12.2. The van der Waals surface area contributed by atoms with Crippen molar-refractivity contribution < 1.29 is 0 Å². The van der Waals surface area contributed by atoms with Gasteiger partial charge in [-0.2, -0.15) is 0 Å². The molecule has 1 atom stereocenters. The van der Waals surface area contributed by atoms with Gasteiger partial charge in [0.1, 0.15) is 0 Å². The van der Waals surface area contributed by atoms with Crippen molar-refractivity contribution in [3.05, 3.63) is 62.0 Å². The topological polar surface area (TPSA) is 12.0 Å². The molecule has 0 aromatic heterocycles. The van der Waals surface area contributed by atoms with Crippen LogP contribution in [0.5, 0.6) is 0 Å². The van der Waals surface area contributed by atoms with Gasteiger partial charge in [0.05, 0.1) is 10.7 Å². The van der Waals surface area contributed by atoms with Gasteiger partial charge in [0, 0.05) is 15.0 Å². The predicted octanol–water partition coefficient (Wildman–Crippen LogP) is 5.91. The van der Waals surface area contributed by atoms with Crippen molar-refractivity contribution in [3.8, 4) is 0 Å². The van der Waals surface area contributed by atoms with Crippen LogP contribution in [0.2, 0.25) is 5.02 Å². The highest BCUT2D eigenvalue weighted by atomic mass is 79.9. The van der Waals surface area contributed by atoms with Gasteiger partial charge in [0.15, 0.2) is 0 Å². The molecule has 2 rings (SSSR count). The number of nitrogens with one attached hydrogen (secondary N) is 1. The van der Waals surface area contributed by atoms with E-state index in [0.29, 0.717) is 6.04 Å². The van der Waals surface area contributed by atoms with Gasteiger partial charge in [-0.05, 0) is 49.2 Å². The molecule has 0 radical (unpaired) electrons. The predicted molar refractivity (Wildman–Crippen MR) is 90.1 cm³/mol. The fourth-order valence-electron chi connectivity index (χ4n) is 1.90. The van der Waals surface area contributed by atoms with E-state index in [-0.39, 0.29) is 0 Å². The van der Waals surface area contributed by atoms with Gasteiger partial charge in [-0.15, -0.1) is 0 Å². The Balaban J connectivity index is 2.02. The molecule has 0 aliphatic heterocycles. The second-order valence-electron chi connectivity index (χ2n) is 4.50. The number of halogens is 3. The van der Waals surface area contributed by atoms with E-state index in [1.807, 2.05) is 18.2 Å². The molecular formula is C15H14Br2ClN. The maximum atomic E-state index is 6.17.